The van der Waals surface area contributed by atoms with Crippen LogP contribution in [0.3, 0.4) is 0 Å². The summed E-state index contributed by atoms with van der Waals surface area (Å²) < 4.78 is 22.9. The molecule has 2 N–H and O–H groups in total. The predicted molar refractivity (Wildman–Crippen MR) is 149 cm³/mol. The average molecular weight is 539 g/mol. The number of nitrogens with one attached hydrogen (secondary N) is 2. The van der Waals surface area contributed by atoms with Crippen LogP contribution < -0.4 is 10.1 Å². The van der Waals surface area contributed by atoms with Gasteiger partial charge in [0.15, 0.2) is 0 Å². The number of carbonyl (C=O) groups excluding carboxylic acids is 1. The number of ether oxygens (including phenoxy) is 1. The fourth-order valence-corrected chi connectivity index (χ4v) is 5.03. The van der Waals surface area contributed by atoms with Crippen molar-refractivity contribution in [1.29, 1.82) is 0 Å². The number of hydrogen-bond donors (Lipinski definition) is 2. The minimum Gasteiger partial charge on any atom is -0.457 e. The normalized spacial score (nSPS) is 13.9. The highest BCUT2D eigenvalue weighted by molar-refractivity contribution is 5.92. The van der Waals surface area contributed by atoms with Gasteiger partial charge < -0.3 is 19.9 Å². The summed E-state index contributed by atoms with van der Waals surface area (Å²) in [5, 5.41) is 8.32. The number of pyridine rings is 1. The van der Waals surface area contributed by atoms with Crippen molar-refractivity contribution in [3.63, 3.8) is 0 Å². The van der Waals surface area contributed by atoms with Crippen molar-refractivity contribution in [2.24, 2.45) is 7.05 Å². The highest BCUT2D eigenvalue weighted by Crippen LogP contribution is 2.37. The second-order valence-electron chi connectivity index (χ2n) is 9.61. The standard InChI is InChI=1S/C29H27FN8O2/c1-3-26(39)38-12-7-18(8-13-38)21-16-32-28-27(21)29(34-17-33-28)35-23-5-4-19(14-22(23)30)40-20-6-10-31-25(15-20)24-9-11-37(2)36-24/h3-6,9-11,14-18H,1,7-8,12-13H2,2H3,(H2,32,33,34,35). The van der Waals surface area contributed by atoms with Crippen LogP contribution >= 0.6 is 0 Å². The first kappa shape index (κ1) is 25.2. The van der Waals surface area contributed by atoms with Crippen LogP contribution in [-0.2, 0) is 11.8 Å². The Hall–Kier alpha value is -5.06. The lowest BCUT2D eigenvalue weighted by Crippen LogP contribution is -2.36. The number of anilines is 2. The summed E-state index contributed by atoms with van der Waals surface area (Å²) in [5.74, 6) is 1.04. The van der Waals surface area contributed by atoms with E-state index in [-0.39, 0.29) is 17.5 Å². The van der Waals surface area contributed by atoms with E-state index < -0.39 is 5.82 Å². The van der Waals surface area contributed by atoms with Gasteiger partial charge in [-0.15, -0.1) is 0 Å². The monoisotopic (exact) mass is 538 g/mol. The molecular weight excluding hydrogens is 511 g/mol. The van der Waals surface area contributed by atoms with E-state index in [1.165, 1.54) is 18.5 Å². The van der Waals surface area contributed by atoms with E-state index in [1.54, 1.807) is 40.0 Å². The van der Waals surface area contributed by atoms with E-state index >= 15 is 4.39 Å². The molecule has 1 fully saturated rings. The molecule has 5 aromatic rings. The summed E-state index contributed by atoms with van der Waals surface area (Å²) >= 11 is 0. The minimum atomic E-state index is -0.489. The number of hydrogen-bond acceptors (Lipinski definition) is 7. The van der Waals surface area contributed by atoms with Gasteiger partial charge in [0.2, 0.25) is 5.91 Å². The molecule has 1 aromatic carbocycles. The molecule has 0 saturated carbocycles. The van der Waals surface area contributed by atoms with Crippen LogP contribution in [0.15, 0.2) is 74.0 Å². The van der Waals surface area contributed by atoms with E-state index in [4.69, 9.17) is 4.74 Å². The fourth-order valence-electron chi connectivity index (χ4n) is 5.03. The number of benzene rings is 1. The van der Waals surface area contributed by atoms with E-state index in [1.807, 2.05) is 25.5 Å². The van der Waals surface area contributed by atoms with Crippen molar-refractivity contribution >= 4 is 28.4 Å². The number of halogens is 1. The van der Waals surface area contributed by atoms with E-state index in [0.717, 1.165) is 29.5 Å². The van der Waals surface area contributed by atoms with Crippen LogP contribution in [0.1, 0.15) is 24.3 Å². The topological polar surface area (TPSA) is 114 Å². The van der Waals surface area contributed by atoms with Crippen LogP contribution in [0.2, 0.25) is 0 Å². The highest BCUT2D eigenvalue weighted by Gasteiger charge is 2.26. The lowest BCUT2D eigenvalue weighted by atomic mass is 9.89. The molecule has 40 heavy (non-hydrogen) atoms. The maximum absolute atomic E-state index is 15.3. The Bertz CT molecular complexity index is 1700. The van der Waals surface area contributed by atoms with Crippen molar-refractivity contribution in [3.05, 3.63) is 85.4 Å². The molecule has 10 nitrogen and oxygen atoms in total. The number of fused-ring (bicyclic) bond motifs is 1. The molecule has 6 rings (SSSR count). The third-order valence-electron chi connectivity index (χ3n) is 7.06. The first-order valence-electron chi connectivity index (χ1n) is 12.9. The molecule has 1 saturated heterocycles. The molecule has 0 aliphatic carbocycles. The maximum Gasteiger partial charge on any atom is 0.245 e. The van der Waals surface area contributed by atoms with Crippen molar-refractivity contribution in [3.8, 4) is 22.9 Å². The molecule has 1 aliphatic rings. The number of nitrogens with zero attached hydrogens (tertiary/aromatic N) is 6. The molecule has 0 spiro atoms. The quantitative estimate of drug-likeness (QED) is 0.270. The molecule has 4 aromatic heterocycles. The summed E-state index contributed by atoms with van der Waals surface area (Å²) in [5.41, 5.74) is 3.35. The van der Waals surface area contributed by atoms with Gasteiger partial charge in [-0.2, -0.15) is 5.10 Å². The summed E-state index contributed by atoms with van der Waals surface area (Å²) in [6, 6.07) is 9.96. The van der Waals surface area contributed by atoms with Gasteiger partial charge in [0.1, 0.15) is 40.8 Å². The number of amides is 1. The molecule has 1 amide bonds. The lowest BCUT2D eigenvalue weighted by Gasteiger charge is -2.31. The average Bonchev–Trinajstić information content (AvgIpc) is 3.61. The van der Waals surface area contributed by atoms with Crippen LogP contribution in [-0.4, -0.2) is 53.6 Å². The van der Waals surface area contributed by atoms with Crippen LogP contribution in [0, 0.1) is 5.82 Å². The molecule has 5 heterocycles. The largest absolute Gasteiger partial charge is 0.457 e. The molecule has 0 unspecified atom stereocenters. The minimum absolute atomic E-state index is 0.0523. The second kappa shape index (κ2) is 10.6. The molecular formula is C29H27FN8O2. The zero-order chi connectivity index (χ0) is 27.6. The number of aromatic amines is 1. The van der Waals surface area contributed by atoms with Gasteiger partial charge in [0.05, 0.1) is 16.8 Å². The van der Waals surface area contributed by atoms with Crippen molar-refractivity contribution < 1.29 is 13.9 Å². The Labute approximate surface area is 229 Å². The zero-order valence-electron chi connectivity index (χ0n) is 21.8. The van der Waals surface area contributed by atoms with Crippen LogP contribution in [0.5, 0.6) is 11.5 Å². The predicted octanol–water partition coefficient (Wildman–Crippen LogP) is 5.32. The molecule has 202 valence electrons. The number of carbonyl (C=O) groups is 1. The van der Waals surface area contributed by atoms with Gasteiger partial charge in [-0.05, 0) is 54.7 Å². The number of rotatable bonds is 7. The van der Waals surface area contributed by atoms with Crippen molar-refractivity contribution in [2.45, 2.75) is 18.8 Å². The van der Waals surface area contributed by atoms with Crippen molar-refractivity contribution in [1.82, 2.24) is 34.6 Å². The van der Waals surface area contributed by atoms with Gasteiger partial charge in [0.25, 0.3) is 0 Å². The Morgan fingerprint density at radius 3 is 2.70 bits per heavy atom. The van der Waals surface area contributed by atoms with Crippen LogP contribution in [0.4, 0.5) is 15.9 Å². The Morgan fingerprint density at radius 1 is 1.12 bits per heavy atom. The van der Waals surface area contributed by atoms with Crippen LogP contribution in [0.25, 0.3) is 22.4 Å². The van der Waals surface area contributed by atoms with Gasteiger partial charge >= 0.3 is 0 Å². The third-order valence-corrected chi connectivity index (χ3v) is 7.06. The van der Waals surface area contributed by atoms with Gasteiger partial charge in [0, 0.05) is 50.9 Å². The summed E-state index contributed by atoms with van der Waals surface area (Å²) in [6.07, 6.45) is 9.79. The zero-order valence-corrected chi connectivity index (χ0v) is 21.8. The lowest BCUT2D eigenvalue weighted by molar-refractivity contribution is -0.127. The Kier molecular flexibility index (Phi) is 6.69. The van der Waals surface area contributed by atoms with E-state index in [2.05, 4.69) is 36.9 Å². The number of piperidine rings is 1. The first-order valence-corrected chi connectivity index (χ1v) is 12.9. The highest BCUT2D eigenvalue weighted by atomic mass is 19.1. The summed E-state index contributed by atoms with van der Waals surface area (Å²) in [6.45, 7) is 4.88. The SMILES string of the molecule is C=CC(=O)N1CCC(c2c[nH]c3ncnc(Nc4ccc(Oc5ccnc(-c6ccn(C)n6)c5)cc4F)c23)CC1. The Morgan fingerprint density at radius 2 is 1.95 bits per heavy atom. The summed E-state index contributed by atoms with van der Waals surface area (Å²) in [4.78, 5) is 30.1. The first-order chi connectivity index (χ1) is 19.5. The van der Waals surface area contributed by atoms with Crippen molar-refractivity contribution in [2.75, 3.05) is 18.4 Å². The molecule has 11 heteroatoms. The van der Waals surface area contributed by atoms with Gasteiger partial charge in [-0.3, -0.25) is 14.5 Å². The molecule has 0 bridgehead atoms. The maximum atomic E-state index is 15.3. The number of H-pyrrole nitrogens is 1. The molecule has 0 atom stereocenters. The third kappa shape index (κ3) is 5.00. The molecule has 0 radical (unpaired) electrons. The fraction of sp³-hybridized carbons (Fsp3) is 0.207. The van der Waals surface area contributed by atoms with E-state index in [9.17, 15) is 4.79 Å². The van der Waals surface area contributed by atoms with Gasteiger partial charge in [-0.25, -0.2) is 14.4 Å². The summed E-state index contributed by atoms with van der Waals surface area (Å²) in [7, 11) is 1.84. The van der Waals surface area contributed by atoms with E-state index in [0.29, 0.717) is 41.7 Å². The molecule has 1 aliphatic heterocycles. The smallest absolute Gasteiger partial charge is 0.245 e. The second-order valence-corrected chi connectivity index (χ2v) is 9.61. The van der Waals surface area contributed by atoms with Gasteiger partial charge in [-0.1, -0.05) is 6.58 Å². The number of aromatic nitrogens is 6. The Balaban J connectivity index is 1.21. The number of likely N-dealkylation sites (tertiary alicyclic amines) is 1. The number of aryl methyl sites for hydroxylation is 1.